The number of nitrogen functional groups attached to an aromatic ring is 1. The van der Waals surface area contributed by atoms with E-state index in [0.29, 0.717) is 10.6 Å². The van der Waals surface area contributed by atoms with Crippen molar-refractivity contribution in [3.63, 3.8) is 0 Å². The number of benzene rings is 1. The molecule has 2 rings (SSSR count). The molecule has 0 saturated carbocycles. The van der Waals surface area contributed by atoms with E-state index in [1.54, 1.807) is 24.4 Å². The quantitative estimate of drug-likeness (QED) is 0.877. The van der Waals surface area contributed by atoms with Gasteiger partial charge in [0.1, 0.15) is 0 Å². The van der Waals surface area contributed by atoms with Gasteiger partial charge < -0.3 is 5.73 Å². The van der Waals surface area contributed by atoms with E-state index in [0.717, 1.165) is 0 Å². The minimum absolute atomic E-state index is 0.0545. The van der Waals surface area contributed by atoms with Gasteiger partial charge in [-0.1, -0.05) is 17.7 Å². The van der Waals surface area contributed by atoms with Crippen LogP contribution < -0.4 is 5.73 Å². The molecule has 1 aromatic heterocycles. The Labute approximate surface area is 110 Å². The molecule has 2 N–H and O–H groups in total. The molecule has 0 amide bonds. The summed E-state index contributed by atoms with van der Waals surface area (Å²) in [5.74, 6) is -0.147. The number of sulfone groups is 1. The first-order valence-electron chi connectivity index (χ1n) is 5.16. The maximum Gasteiger partial charge on any atom is 0.184 e. The number of hydrogen-bond acceptors (Lipinski definition) is 4. The van der Waals surface area contributed by atoms with Crippen LogP contribution in [0.3, 0.4) is 0 Å². The lowest BCUT2D eigenvalue weighted by atomic mass is 10.3. The zero-order valence-electron chi connectivity index (χ0n) is 9.38. The van der Waals surface area contributed by atoms with Gasteiger partial charge in [-0.05, 0) is 29.8 Å². The van der Waals surface area contributed by atoms with Gasteiger partial charge in [0.05, 0.1) is 16.3 Å². The predicted molar refractivity (Wildman–Crippen MR) is 71.0 cm³/mol. The van der Waals surface area contributed by atoms with Crippen molar-refractivity contribution in [3.05, 3.63) is 53.3 Å². The van der Waals surface area contributed by atoms with Crippen molar-refractivity contribution in [2.75, 3.05) is 5.73 Å². The summed E-state index contributed by atoms with van der Waals surface area (Å²) in [6.07, 6.45) is 3.10. The van der Waals surface area contributed by atoms with Crippen molar-refractivity contribution in [3.8, 4) is 0 Å². The van der Waals surface area contributed by atoms with E-state index in [1.165, 1.54) is 18.3 Å². The maximum atomic E-state index is 12.2. The fraction of sp³-hybridized carbons (Fsp3) is 0.0833. The Morgan fingerprint density at radius 3 is 2.72 bits per heavy atom. The lowest BCUT2D eigenvalue weighted by Crippen LogP contribution is -2.08. The van der Waals surface area contributed by atoms with Crippen molar-refractivity contribution in [2.45, 2.75) is 10.6 Å². The van der Waals surface area contributed by atoms with Crippen LogP contribution in [0.1, 0.15) is 5.56 Å². The van der Waals surface area contributed by atoms with Gasteiger partial charge in [0.2, 0.25) is 0 Å². The highest BCUT2D eigenvalue weighted by atomic mass is 35.5. The first-order chi connectivity index (χ1) is 8.49. The zero-order chi connectivity index (χ0) is 13.2. The van der Waals surface area contributed by atoms with E-state index in [1.807, 2.05) is 0 Å². The Kier molecular flexibility index (Phi) is 3.54. The van der Waals surface area contributed by atoms with E-state index in [2.05, 4.69) is 4.98 Å². The molecule has 0 aliphatic carbocycles. The highest BCUT2D eigenvalue weighted by Gasteiger charge is 2.18. The van der Waals surface area contributed by atoms with Crippen LogP contribution in [0.25, 0.3) is 0 Å². The average molecular weight is 283 g/mol. The number of rotatable bonds is 3. The van der Waals surface area contributed by atoms with Crippen molar-refractivity contribution in [1.29, 1.82) is 0 Å². The summed E-state index contributed by atoms with van der Waals surface area (Å²) in [7, 11) is -3.52. The van der Waals surface area contributed by atoms with Gasteiger partial charge in [0.25, 0.3) is 0 Å². The largest absolute Gasteiger partial charge is 0.398 e. The average Bonchev–Trinajstić information content (AvgIpc) is 2.33. The van der Waals surface area contributed by atoms with Crippen molar-refractivity contribution >= 4 is 27.1 Å². The fourth-order valence-electron chi connectivity index (χ4n) is 1.56. The van der Waals surface area contributed by atoms with E-state index in [4.69, 9.17) is 17.3 Å². The Hall–Kier alpha value is -1.59. The van der Waals surface area contributed by atoms with Gasteiger partial charge in [-0.3, -0.25) is 4.98 Å². The minimum Gasteiger partial charge on any atom is -0.398 e. The van der Waals surface area contributed by atoms with Gasteiger partial charge in [0, 0.05) is 17.4 Å². The van der Waals surface area contributed by atoms with Crippen LogP contribution in [0.5, 0.6) is 0 Å². The van der Waals surface area contributed by atoms with Crippen molar-refractivity contribution in [1.82, 2.24) is 4.98 Å². The number of halogens is 1. The summed E-state index contributed by atoms with van der Waals surface area (Å²) in [6, 6.07) is 7.79. The second kappa shape index (κ2) is 4.96. The molecule has 1 heterocycles. The van der Waals surface area contributed by atoms with E-state index < -0.39 is 9.84 Å². The Morgan fingerprint density at radius 1 is 1.28 bits per heavy atom. The molecule has 0 bridgehead atoms. The third-order valence-electron chi connectivity index (χ3n) is 2.39. The Bertz CT molecular complexity index is 657. The van der Waals surface area contributed by atoms with Crippen LogP contribution in [-0.4, -0.2) is 13.4 Å². The summed E-state index contributed by atoms with van der Waals surface area (Å²) in [5, 5.41) is 0.342. The summed E-state index contributed by atoms with van der Waals surface area (Å²) < 4.78 is 24.4. The minimum atomic E-state index is -3.52. The molecule has 0 unspecified atom stereocenters. The van der Waals surface area contributed by atoms with Crippen LogP contribution in [-0.2, 0) is 15.6 Å². The fourth-order valence-corrected chi connectivity index (χ4v) is 3.29. The molecule has 0 saturated heterocycles. The molecular weight excluding hydrogens is 272 g/mol. The molecule has 0 aliphatic heterocycles. The van der Waals surface area contributed by atoms with Gasteiger partial charge in [-0.15, -0.1) is 0 Å². The molecule has 6 heteroatoms. The normalized spacial score (nSPS) is 11.4. The standard InChI is InChI=1S/C12H11ClN2O2S/c13-10-3-4-11(14)12(6-10)18(16,17)8-9-2-1-5-15-7-9/h1-7H,8,14H2. The predicted octanol–water partition coefficient (Wildman–Crippen LogP) is 2.29. The Balaban J connectivity index is 2.40. The molecule has 0 radical (unpaired) electrons. The molecule has 4 nitrogen and oxygen atoms in total. The summed E-state index contributed by atoms with van der Waals surface area (Å²) >= 11 is 5.79. The molecule has 18 heavy (non-hydrogen) atoms. The van der Waals surface area contributed by atoms with Crippen molar-refractivity contribution in [2.24, 2.45) is 0 Å². The molecule has 0 aliphatic rings. The third kappa shape index (κ3) is 2.80. The molecule has 0 spiro atoms. The number of nitrogens with two attached hydrogens (primary N) is 1. The first-order valence-corrected chi connectivity index (χ1v) is 7.19. The van der Waals surface area contributed by atoms with Crippen LogP contribution >= 0.6 is 11.6 Å². The monoisotopic (exact) mass is 282 g/mol. The number of pyridine rings is 1. The second-order valence-corrected chi connectivity index (χ2v) is 6.20. The smallest absolute Gasteiger partial charge is 0.184 e. The highest BCUT2D eigenvalue weighted by Crippen LogP contribution is 2.25. The van der Waals surface area contributed by atoms with Gasteiger partial charge in [-0.2, -0.15) is 0 Å². The molecule has 2 aromatic rings. The third-order valence-corrected chi connectivity index (χ3v) is 4.36. The topological polar surface area (TPSA) is 73.1 Å². The molecule has 0 atom stereocenters. The first kappa shape index (κ1) is 12.9. The van der Waals surface area contributed by atoms with Crippen LogP contribution in [0, 0.1) is 0 Å². The number of nitrogens with zero attached hydrogens (tertiary/aromatic N) is 1. The summed E-state index contributed by atoms with van der Waals surface area (Å²) in [5.41, 5.74) is 6.48. The Morgan fingerprint density at radius 2 is 2.06 bits per heavy atom. The maximum absolute atomic E-state index is 12.2. The molecule has 94 valence electrons. The number of aromatic nitrogens is 1. The second-order valence-electron chi connectivity index (χ2n) is 3.80. The number of anilines is 1. The zero-order valence-corrected chi connectivity index (χ0v) is 10.9. The molecule has 1 aromatic carbocycles. The van der Waals surface area contributed by atoms with Crippen molar-refractivity contribution < 1.29 is 8.42 Å². The van der Waals surface area contributed by atoms with E-state index in [-0.39, 0.29) is 16.3 Å². The highest BCUT2D eigenvalue weighted by molar-refractivity contribution is 7.90. The van der Waals surface area contributed by atoms with Gasteiger partial charge >= 0.3 is 0 Å². The molecular formula is C12H11ClN2O2S. The summed E-state index contributed by atoms with van der Waals surface area (Å²) in [4.78, 5) is 3.94. The number of hydrogen-bond donors (Lipinski definition) is 1. The lowest BCUT2D eigenvalue weighted by Gasteiger charge is -2.07. The van der Waals surface area contributed by atoms with Gasteiger partial charge in [0.15, 0.2) is 9.84 Å². The lowest BCUT2D eigenvalue weighted by molar-refractivity contribution is 0.595. The summed E-state index contributed by atoms with van der Waals surface area (Å²) in [6.45, 7) is 0. The van der Waals surface area contributed by atoms with Gasteiger partial charge in [-0.25, -0.2) is 8.42 Å². The van der Waals surface area contributed by atoms with Crippen LogP contribution in [0.2, 0.25) is 5.02 Å². The molecule has 0 fully saturated rings. The van der Waals surface area contributed by atoms with Crippen LogP contribution in [0.15, 0.2) is 47.6 Å². The van der Waals surface area contributed by atoms with Crippen LogP contribution in [0.4, 0.5) is 5.69 Å². The SMILES string of the molecule is Nc1ccc(Cl)cc1S(=O)(=O)Cc1cccnc1. The van der Waals surface area contributed by atoms with E-state index >= 15 is 0 Å². The van der Waals surface area contributed by atoms with E-state index in [9.17, 15) is 8.42 Å².